The molecule has 25 heavy (non-hydrogen) atoms. The number of hydrogen-bond acceptors (Lipinski definition) is 10. The van der Waals surface area contributed by atoms with Crippen molar-refractivity contribution in [3.05, 3.63) is 0 Å². The first kappa shape index (κ1) is 20.9. The summed E-state index contributed by atoms with van der Waals surface area (Å²) < 4.78 is 16.0. The molecule has 0 radical (unpaired) electrons. The molecule has 4 unspecified atom stereocenters. The predicted octanol–water partition coefficient (Wildman–Crippen LogP) is -3.00. The van der Waals surface area contributed by atoms with E-state index in [2.05, 4.69) is 5.92 Å². The Kier molecular flexibility index (Phi) is 7.48. The van der Waals surface area contributed by atoms with E-state index in [9.17, 15) is 30.6 Å². The fraction of sp³-hybridized carbons (Fsp3) is 0.867. The maximum atomic E-state index is 10.4. The minimum Gasteiger partial charge on any atom is -0.394 e. The van der Waals surface area contributed by atoms with Crippen molar-refractivity contribution < 1.29 is 44.8 Å². The van der Waals surface area contributed by atoms with Crippen LogP contribution in [0.1, 0.15) is 6.92 Å². The van der Waals surface area contributed by atoms with Crippen molar-refractivity contribution in [2.24, 2.45) is 0 Å². The van der Waals surface area contributed by atoms with Crippen LogP contribution < -0.4 is 0 Å². The number of terminal acetylenes is 1. The number of aliphatic hydroxyl groups excluding tert-OH is 6. The van der Waals surface area contributed by atoms with Gasteiger partial charge in [-0.3, -0.25) is 0 Å². The van der Waals surface area contributed by atoms with Gasteiger partial charge in [0.15, 0.2) is 6.29 Å². The molecule has 0 aromatic carbocycles. The van der Waals surface area contributed by atoms with Crippen molar-refractivity contribution >= 4 is 11.8 Å². The van der Waals surface area contributed by atoms with Gasteiger partial charge >= 0.3 is 0 Å². The van der Waals surface area contributed by atoms with E-state index in [1.807, 2.05) is 0 Å². The van der Waals surface area contributed by atoms with Gasteiger partial charge in [-0.25, -0.2) is 0 Å². The zero-order chi connectivity index (χ0) is 18.7. The maximum Gasteiger partial charge on any atom is 0.187 e. The third-order valence-electron chi connectivity index (χ3n) is 4.25. The quantitative estimate of drug-likeness (QED) is 0.273. The summed E-state index contributed by atoms with van der Waals surface area (Å²) in [4.78, 5) is 0. The standard InChI is InChI=1S/C15H24O9S/c1-3-4-22-14-11(20)10(19)13(7(5-16)24-14)25-15-12(21)9(18)8(17)6(2)23-15/h1,6-21H,4-5H2,2H3/t6?,7?,8-,9?,10?,11-,12-,13+,14+,15-/m0/s1. The van der Waals surface area contributed by atoms with Gasteiger partial charge in [0, 0.05) is 0 Å². The van der Waals surface area contributed by atoms with Crippen LogP contribution in [0.3, 0.4) is 0 Å². The second kappa shape index (κ2) is 8.96. The fourth-order valence-electron chi connectivity index (χ4n) is 2.77. The molecular weight excluding hydrogens is 356 g/mol. The molecule has 0 saturated carbocycles. The smallest absolute Gasteiger partial charge is 0.187 e. The average molecular weight is 380 g/mol. The van der Waals surface area contributed by atoms with Crippen LogP contribution in [0.5, 0.6) is 0 Å². The lowest BCUT2D eigenvalue weighted by Crippen LogP contribution is -2.60. The molecule has 10 atom stereocenters. The van der Waals surface area contributed by atoms with Gasteiger partial charge in [-0.2, -0.15) is 0 Å². The largest absolute Gasteiger partial charge is 0.394 e. The highest BCUT2D eigenvalue weighted by molar-refractivity contribution is 8.00. The Morgan fingerprint density at radius 3 is 2.28 bits per heavy atom. The van der Waals surface area contributed by atoms with Gasteiger partial charge in [-0.15, -0.1) is 18.2 Å². The summed E-state index contributed by atoms with van der Waals surface area (Å²) in [5.74, 6) is 2.21. The summed E-state index contributed by atoms with van der Waals surface area (Å²) in [6.07, 6.45) is -4.69. The molecule has 10 heteroatoms. The SMILES string of the molecule is C#CCO[C@@H]1OC(CO)[C@@H](S[C@@H]2OC(C)[C@H](O)C(O)[C@@H]2O)C(O)[C@@H]1O. The summed E-state index contributed by atoms with van der Waals surface area (Å²) in [5.41, 5.74) is -0.999. The van der Waals surface area contributed by atoms with Gasteiger partial charge in [-0.1, -0.05) is 5.92 Å². The Bertz CT molecular complexity index is 470. The van der Waals surface area contributed by atoms with E-state index < -0.39 is 66.3 Å². The second-order valence-electron chi connectivity index (χ2n) is 6.00. The zero-order valence-electron chi connectivity index (χ0n) is 13.6. The van der Waals surface area contributed by atoms with E-state index in [0.29, 0.717) is 0 Å². The Balaban J connectivity index is 2.08. The third kappa shape index (κ3) is 4.45. The fourth-order valence-corrected chi connectivity index (χ4v) is 4.29. The van der Waals surface area contributed by atoms with E-state index in [0.717, 1.165) is 11.8 Å². The lowest BCUT2D eigenvalue weighted by atomic mass is 10.0. The molecule has 2 fully saturated rings. The summed E-state index contributed by atoms with van der Waals surface area (Å²) in [6.45, 7) is 0.903. The van der Waals surface area contributed by atoms with Crippen molar-refractivity contribution in [2.75, 3.05) is 13.2 Å². The van der Waals surface area contributed by atoms with E-state index in [-0.39, 0.29) is 6.61 Å². The molecule has 2 rings (SSSR count). The van der Waals surface area contributed by atoms with Gasteiger partial charge in [0.1, 0.15) is 36.5 Å². The van der Waals surface area contributed by atoms with Crippen molar-refractivity contribution in [1.82, 2.24) is 0 Å². The first-order valence-corrected chi connectivity index (χ1v) is 8.78. The van der Waals surface area contributed by atoms with Crippen LogP contribution >= 0.6 is 11.8 Å². The summed E-state index contributed by atoms with van der Waals surface area (Å²) >= 11 is 0.895. The molecule has 0 aliphatic carbocycles. The molecule has 6 N–H and O–H groups in total. The van der Waals surface area contributed by atoms with Gasteiger partial charge < -0.3 is 44.8 Å². The highest BCUT2D eigenvalue weighted by Gasteiger charge is 2.49. The molecule has 0 aromatic rings. The van der Waals surface area contributed by atoms with Crippen molar-refractivity contribution in [2.45, 2.75) is 66.6 Å². The summed E-state index contributed by atoms with van der Waals surface area (Å²) in [6, 6.07) is 0. The monoisotopic (exact) mass is 380 g/mol. The number of aliphatic hydroxyl groups is 6. The number of thioether (sulfide) groups is 1. The second-order valence-corrected chi connectivity index (χ2v) is 7.28. The van der Waals surface area contributed by atoms with Crippen LogP contribution in [0, 0.1) is 12.3 Å². The lowest BCUT2D eigenvalue weighted by Gasteiger charge is -2.45. The molecule has 2 saturated heterocycles. The predicted molar refractivity (Wildman–Crippen MR) is 86.3 cm³/mol. The Hall–Kier alpha value is -0.450. The molecule has 144 valence electrons. The Morgan fingerprint density at radius 2 is 1.68 bits per heavy atom. The van der Waals surface area contributed by atoms with Gasteiger partial charge in [0.2, 0.25) is 0 Å². The minimum absolute atomic E-state index is 0.142. The Labute approximate surface area is 149 Å². The van der Waals surface area contributed by atoms with E-state index in [1.54, 1.807) is 0 Å². The average Bonchev–Trinajstić information content (AvgIpc) is 2.60. The van der Waals surface area contributed by atoms with Crippen molar-refractivity contribution in [3.8, 4) is 12.3 Å². The van der Waals surface area contributed by atoms with Gasteiger partial charge in [0.25, 0.3) is 0 Å². The van der Waals surface area contributed by atoms with E-state index in [1.165, 1.54) is 6.92 Å². The van der Waals surface area contributed by atoms with Crippen LogP contribution in [0.4, 0.5) is 0 Å². The summed E-state index contributed by atoms with van der Waals surface area (Å²) in [7, 11) is 0. The summed E-state index contributed by atoms with van der Waals surface area (Å²) in [5, 5.41) is 58.8. The molecule has 0 bridgehead atoms. The topological polar surface area (TPSA) is 149 Å². The molecule has 2 aliphatic rings. The van der Waals surface area contributed by atoms with Crippen LogP contribution in [-0.2, 0) is 14.2 Å². The van der Waals surface area contributed by atoms with E-state index >= 15 is 0 Å². The molecule has 0 aromatic heterocycles. The van der Waals surface area contributed by atoms with Crippen molar-refractivity contribution in [1.29, 1.82) is 0 Å². The van der Waals surface area contributed by atoms with Crippen LogP contribution in [0.15, 0.2) is 0 Å². The van der Waals surface area contributed by atoms with Crippen LogP contribution in [0.2, 0.25) is 0 Å². The van der Waals surface area contributed by atoms with E-state index in [4.69, 9.17) is 20.6 Å². The van der Waals surface area contributed by atoms with Crippen molar-refractivity contribution in [3.63, 3.8) is 0 Å². The molecular formula is C15H24O9S. The van der Waals surface area contributed by atoms with Gasteiger partial charge in [0.05, 0.1) is 30.2 Å². The third-order valence-corrected chi connectivity index (χ3v) is 5.81. The van der Waals surface area contributed by atoms with Crippen LogP contribution in [-0.4, -0.2) is 104 Å². The normalized spacial score (nSPS) is 48.1. The molecule has 0 amide bonds. The van der Waals surface area contributed by atoms with Crippen LogP contribution in [0.25, 0.3) is 0 Å². The highest BCUT2D eigenvalue weighted by Crippen LogP contribution is 2.37. The number of hydrogen-bond donors (Lipinski definition) is 6. The molecule has 2 aliphatic heterocycles. The zero-order valence-corrected chi connectivity index (χ0v) is 14.4. The number of rotatable bonds is 5. The first-order valence-electron chi connectivity index (χ1n) is 7.84. The molecule has 2 heterocycles. The Morgan fingerprint density at radius 1 is 1.00 bits per heavy atom. The molecule has 0 spiro atoms. The van der Waals surface area contributed by atoms with Gasteiger partial charge in [-0.05, 0) is 6.92 Å². The first-order chi connectivity index (χ1) is 11.8. The number of ether oxygens (including phenoxy) is 3. The minimum atomic E-state index is -1.43. The lowest BCUT2D eigenvalue weighted by molar-refractivity contribution is -0.264. The maximum absolute atomic E-state index is 10.4. The molecule has 9 nitrogen and oxygen atoms in total. The highest BCUT2D eigenvalue weighted by atomic mass is 32.2.